The van der Waals surface area contributed by atoms with Crippen LogP contribution >= 0.6 is 0 Å². The summed E-state index contributed by atoms with van der Waals surface area (Å²) in [4.78, 5) is 12.1. The summed E-state index contributed by atoms with van der Waals surface area (Å²) in [5.41, 5.74) is -0.186. The smallest absolute Gasteiger partial charge is 0.384 e. The lowest BCUT2D eigenvalue weighted by atomic mass is 9.88. The summed E-state index contributed by atoms with van der Waals surface area (Å²) < 4.78 is 174. The SMILES string of the molecule is C=C(CC(CCCO)CCCCO)C(=O)OCCCC(F)(F)C(F)(F)C(F)(F)C(F)(F)C(F)(F)C(F)(F)CCCCCCC. The second-order valence-electron chi connectivity index (χ2n) is 10.9. The van der Waals surface area contributed by atoms with Crippen molar-refractivity contribution in [3.63, 3.8) is 0 Å². The first-order valence-corrected chi connectivity index (χ1v) is 14.4. The van der Waals surface area contributed by atoms with E-state index in [1.54, 1.807) is 6.92 Å². The number of hydrogen-bond donors (Lipinski definition) is 2. The molecule has 0 bridgehead atoms. The third kappa shape index (κ3) is 10.7. The molecule has 0 aliphatic carbocycles. The molecule has 0 fully saturated rings. The van der Waals surface area contributed by atoms with Crippen LogP contribution in [-0.4, -0.2) is 71.5 Å². The van der Waals surface area contributed by atoms with Crippen molar-refractivity contribution in [3.8, 4) is 0 Å². The maximum absolute atomic E-state index is 14.2. The van der Waals surface area contributed by atoms with Crippen molar-refractivity contribution in [2.75, 3.05) is 19.8 Å². The third-order valence-electron chi connectivity index (χ3n) is 7.18. The Kier molecular flexibility index (Phi) is 17.1. The van der Waals surface area contributed by atoms with Gasteiger partial charge in [0.15, 0.2) is 0 Å². The van der Waals surface area contributed by atoms with Crippen molar-refractivity contribution in [2.45, 2.75) is 132 Å². The van der Waals surface area contributed by atoms with Gasteiger partial charge in [0.2, 0.25) is 0 Å². The first kappa shape index (κ1) is 42.3. The number of carbonyl (C=O) groups is 1. The Morgan fingerprint density at radius 3 is 1.57 bits per heavy atom. The van der Waals surface area contributed by atoms with Crippen LogP contribution in [0.2, 0.25) is 0 Å². The van der Waals surface area contributed by atoms with E-state index >= 15 is 0 Å². The summed E-state index contributed by atoms with van der Waals surface area (Å²) >= 11 is 0. The largest absolute Gasteiger partial charge is 0.462 e. The fourth-order valence-corrected chi connectivity index (χ4v) is 4.38. The van der Waals surface area contributed by atoms with Gasteiger partial charge in [0, 0.05) is 31.6 Å². The summed E-state index contributed by atoms with van der Waals surface area (Å²) in [5, 5.41) is 17.9. The second-order valence-corrected chi connectivity index (χ2v) is 10.9. The molecular formula is C28H42F12O4. The quantitative estimate of drug-likeness (QED) is 0.0441. The highest BCUT2D eigenvalue weighted by Crippen LogP contribution is 2.61. The van der Waals surface area contributed by atoms with Gasteiger partial charge in [0.05, 0.1) is 6.61 Å². The van der Waals surface area contributed by atoms with Crippen molar-refractivity contribution in [2.24, 2.45) is 5.92 Å². The van der Waals surface area contributed by atoms with Crippen LogP contribution < -0.4 is 0 Å². The topological polar surface area (TPSA) is 66.8 Å². The number of halogens is 12. The lowest BCUT2D eigenvalue weighted by Gasteiger charge is -2.41. The number of esters is 1. The third-order valence-corrected chi connectivity index (χ3v) is 7.18. The average Bonchev–Trinajstić information content (AvgIpc) is 2.93. The van der Waals surface area contributed by atoms with Crippen LogP contribution in [0.25, 0.3) is 0 Å². The van der Waals surface area contributed by atoms with E-state index in [9.17, 15) is 57.5 Å². The maximum atomic E-state index is 14.2. The Bertz CT molecular complexity index is 866. The van der Waals surface area contributed by atoms with Crippen LogP contribution in [0.3, 0.4) is 0 Å². The molecule has 1 atom stereocenters. The van der Waals surface area contributed by atoms with Gasteiger partial charge >= 0.3 is 41.5 Å². The predicted octanol–water partition coefficient (Wildman–Crippen LogP) is 8.98. The Balaban J connectivity index is 5.39. The maximum Gasteiger partial charge on any atom is 0.384 e. The van der Waals surface area contributed by atoms with Crippen LogP contribution in [0.4, 0.5) is 52.7 Å². The molecule has 0 radical (unpaired) electrons. The molecule has 4 nitrogen and oxygen atoms in total. The van der Waals surface area contributed by atoms with Crippen molar-refractivity contribution >= 4 is 5.97 Å². The summed E-state index contributed by atoms with van der Waals surface area (Å²) in [6.07, 6.45) is -3.16. The molecule has 0 saturated heterocycles. The molecule has 0 aliphatic rings. The van der Waals surface area contributed by atoms with Gasteiger partial charge in [-0.15, -0.1) is 0 Å². The zero-order chi connectivity index (χ0) is 34.5. The molecule has 262 valence electrons. The van der Waals surface area contributed by atoms with E-state index in [1.165, 1.54) is 0 Å². The van der Waals surface area contributed by atoms with E-state index in [0.717, 1.165) is 0 Å². The molecule has 0 spiro atoms. The molecule has 0 aromatic rings. The van der Waals surface area contributed by atoms with Gasteiger partial charge in [-0.1, -0.05) is 52.0 Å². The number of carbonyl (C=O) groups excluding carboxylic acids is 1. The minimum absolute atomic E-state index is 0.0113. The Morgan fingerprint density at radius 1 is 0.636 bits per heavy atom. The second kappa shape index (κ2) is 17.8. The van der Waals surface area contributed by atoms with E-state index in [-0.39, 0.29) is 44.0 Å². The normalized spacial score (nSPS) is 14.5. The highest BCUT2D eigenvalue weighted by atomic mass is 19.4. The van der Waals surface area contributed by atoms with E-state index < -0.39 is 73.8 Å². The number of alkyl halides is 12. The Labute approximate surface area is 249 Å². The number of rotatable bonds is 25. The number of hydrogen-bond acceptors (Lipinski definition) is 4. The summed E-state index contributed by atoms with van der Waals surface area (Å²) in [6.45, 7) is 3.81. The van der Waals surface area contributed by atoms with Crippen molar-refractivity contribution in [1.82, 2.24) is 0 Å². The molecular weight excluding hydrogens is 628 g/mol. The summed E-state index contributed by atoms with van der Waals surface area (Å²) in [6, 6.07) is 0. The molecule has 0 rings (SSSR count). The van der Waals surface area contributed by atoms with E-state index in [0.29, 0.717) is 44.9 Å². The first-order valence-electron chi connectivity index (χ1n) is 14.4. The van der Waals surface area contributed by atoms with E-state index in [2.05, 4.69) is 11.3 Å². The van der Waals surface area contributed by atoms with Crippen LogP contribution in [-0.2, 0) is 9.53 Å². The lowest BCUT2D eigenvalue weighted by molar-refractivity contribution is -0.425. The van der Waals surface area contributed by atoms with Crippen LogP contribution in [0, 0.1) is 5.92 Å². The number of aliphatic hydroxyl groups excluding tert-OH is 2. The highest BCUT2D eigenvalue weighted by molar-refractivity contribution is 5.87. The number of unbranched alkanes of at least 4 members (excludes halogenated alkanes) is 5. The fraction of sp³-hybridized carbons (Fsp3) is 0.893. The number of ether oxygens (including phenoxy) is 1. The van der Waals surface area contributed by atoms with Gasteiger partial charge in [0.25, 0.3) is 0 Å². The Hall–Kier alpha value is -1.71. The molecule has 1 unspecified atom stereocenters. The van der Waals surface area contributed by atoms with Gasteiger partial charge in [-0.3, -0.25) is 0 Å². The first-order chi connectivity index (χ1) is 20.1. The molecule has 0 aromatic carbocycles. The summed E-state index contributed by atoms with van der Waals surface area (Å²) in [5.74, 6) is -43.0. The van der Waals surface area contributed by atoms with Crippen LogP contribution in [0.15, 0.2) is 12.2 Å². The summed E-state index contributed by atoms with van der Waals surface area (Å²) in [7, 11) is 0. The van der Waals surface area contributed by atoms with Gasteiger partial charge in [0.1, 0.15) is 0 Å². The van der Waals surface area contributed by atoms with Crippen molar-refractivity contribution in [3.05, 3.63) is 12.2 Å². The van der Waals surface area contributed by atoms with E-state index in [4.69, 9.17) is 10.2 Å². The Morgan fingerprint density at radius 2 is 1.09 bits per heavy atom. The molecule has 0 amide bonds. The van der Waals surface area contributed by atoms with Gasteiger partial charge in [-0.25, -0.2) is 4.79 Å². The molecule has 0 saturated carbocycles. The van der Waals surface area contributed by atoms with E-state index in [1.807, 2.05) is 0 Å². The molecule has 44 heavy (non-hydrogen) atoms. The molecule has 2 N–H and O–H groups in total. The van der Waals surface area contributed by atoms with Crippen molar-refractivity contribution in [1.29, 1.82) is 0 Å². The number of aliphatic hydroxyl groups is 2. The molecule has 0 heterocycles. The van der Waals surface area contributed by atoms with Gasteiger partial charge in [-0.05, 0) is 44.4 Å². The minimum Gasteiger partial charge on any atom is -0.462 e. The molecule has 0 aromatic heterocycles. The zero-order valence-electron chi connectivity index (χ0n) is 24.6. The minimum atomic E-state index is -7.62. The van der Waals surface area contributed by atoms with Crippen LogP contribution in [0.1, 0.15) is 96.8 Å². The van der Waals surface area contributed by atoms with Crippen LogP contribution in [0.5, 0.6) is 0 Å². The molecule has 16 heteroatoms. The fourth-order valence-electron chi connectivity index (χ4n) is 4.38. The highest BCUT2D eigenvalue weighted by Gasteiger charge is 2.89. The monoisotopic (exact) mass is 670 g/mol. The van der Waals surface area contributed by atoms with Crippen molar-refractivity contribution < 1.29 is 72.4 Å². The lowest BCUT2D eigenvalue weighted by Crippen LogP contribution is -2.70. The van der Waals surface area contributed by atoms with Gasteiger partial charge < -0.3 is 14.9 Å². The molecule has 0 aliphatic heterocycles. The zero-order valence-corrected chi connectivity index (χ0v) is 24.6. The predicted molar refractivity (Wildman–Crippen MR) is 138 cm³/mol. The van der Waals surface area contributed by atoms with Gasteiger partial charge in [-0.2, -0.15) is 52.7 Å². The standard InChI is InChI=1S/C28H42F12O4/c1-3-4-5-6-8-14-23(29,30)25(33,34)27(37,38)28(39,40)26(35,36)24(31,32)15-11-18-44-22(43)20(2)19-21(13-10-17-42)12-7-9-16-41/h21,41-42H,2-19H2,1H3. The average molecular weight is 671 g/mol.